The summed E-state index contributed by atoms with van der Waals surface area (Å²) in [4.78, 5) is 17.5. The van der Waals surface area contributed by atoms with E-state index in [1.807, 2.05) is 25.1 Å². The summed E-state index contributed by atoms with van der Waals surface area (Å²) in [6.07, 6.45) is 0. The van der Waals surface area contributed by atoms with E-state index in [9.17, 15) is 9.90 Å². The van der Waals surface area contributed by atoms with E-state index in [4.69, 9.17) is 4.42 Å². The van der Waals surface area contributed by atoms with Crippen LogP contribution in [0.4, 0.5) is 0 Å². The largest absolute Gasteiger partial charge is 0.508 e. The Bertz CT molecular complexity index is 1370. The standard InChI is InChI=1S/C20H13N3O3/c1-10-15-16-13-4-2-3-5-14(13)26-20(25)17(16)18(21-19(15)23-22-10)11-6-8-12(24)9-7-11/h2-9,24H,1H3,(H,21,22,23). The fraction of sp³-hybridized carbons (Fsp3) is 0.0500. The molecule has 0 saturated heterocycles. The lowest BCUT2D eigenvalue weighted by Gasteiger charge is -2.09. The molecule has 0 amide bonds. The molecule has 26 heavy (non-hydrogen) atoms. The van der Waals surface area contributed by atoms with Gasteiger partial charge in [-0.25, -0.2) is 9.78 Å². The number of nitrogens with one attached hydrogen (secondary N) is 1. The van der Waals surface area contributed by atoms with Crippen LogP contribution < -0.4 is 5.63 Å². The topological polar surface area (TPSA) is 92.0 Å². The number of benzene rings is 2. The average molecular weight is 343 g/mol. The maximum Gasteiger partial charge on any atom is 0.346 e. The molecule has 0 fully saturated rings. The molecule has 6 heteroatoms. The lowest BCUT2D eigenvalue weighted by Crippen LogP contribution is -2.04. The van der Waals surface area contributed by atoms with Crippen LogP contribution in [-0.2, 0) is 0 Å². The summed E-state index contributed by atoms with van der Waals surface area (Å²) in [6, 6.07) is 14.0. The molecule has 0 spiro atoms. The Morgan fingerprint density at radius 2 is 1.77 bits per heavy atom. The van der Waals surface area contributed by atoms with Gasteiger partial charge in [0.15, 0.2) is 5.65 Å². The summed E-state index contributed by atoms with van der Waals surface area (Å²) in [5.74, 6) is 0.147. The number of aromatic nitrogens is 3. The van der Waals surface area contributed by atoms with Crippen molar-refractivity contribution in [3.05, 3.63) is 64.6 Å². The van der Waals surface area contributed by atoms with E-state index in [2.05, 4.69) is 15.2 Å². The monoisotopic (exact) mass is 343 g/mol. The van der Waals surface area contributed by atoms with Crippen molar-refractivity contribution in [1.82, 2.24) is 15.2 Å². The van der Waals surface area contributed by atoms with Gasteiger partial charge in [-0.05, 0) is 37.3 Å². The average Bonchev–Trinajstić information content (AvgIpc) is 3.02. The highest BCUT2D eigenvalue weighted by Crippen LogP contribution is 2.35. The molecule has 126 valence electrons. The molecule has 0 radical (unpaired) electrons. The third kappa shape index (κ3) is 1.96. The van der Waals surface area contributed by atoms with Crippen molar-refractivity contribution in [2.24, 2.45) is 0 Å². The van der Waals surface area contributed by atoms with E-state index >= 15 is 0 Å². The van der Waals surface area contributed by atoms with E-state index in [-0.39, 0.29) is 5.75 Å². The Morgan fingerprint density at radius 1 is 1.00 bits per heavy atom. The number of phenolic OH excluding ortho intramolecular Hbond substituents is 1. The number of hydrogen-bond donors (Lipinski definition) is 2. The van der Waals surface area contributed by atoms with Gasteiger partial charge >= 0.3 is 5.63 Å². The smallest absolute Gasteiger partial charge is 0.346 e. The van der Waals surface area contributed by atoms with E-state index < -0.39 is 5.63 Å². The van der Waals surface area contributed by atoms with Crippen LogP contribution in [0.5, 0.6) is 5.75 Å². The van der Waals surface area contributed by atoms with Crippen molar-refractivity contribution in [3.8, 4) is 17.0 Å². The molecule has 0 bridgehead atoms. The first kappa shape index (κ1) is 14.7. The molecular weight excluding hydrogens is 330 g/mol. The molecule has 0 aliphatic rings. The summed E-state index contributed by atoms with van der Waals surface area (Å²) in [5, 5.41) is 19.6. The normalized spacial score (nSPS) is 11.6. The van der Waals surface area contributed by atoms with Gasteiger partial charge in [-0.1, -0.05) is 18.2 Å². The van der Waals surface area contributed by atoms with Gasteiger partial charge in [0.05, 0.1) is 22.2 Å². The quantitative estimate of drug-likeness (QED) is 0.356. The number of hydrogen-bond acceptors (Lipinski definition) is 5. The molecule has 0 saturated carbocycles. The number of H-pyrrole nitrogens is 1. The van der Waals surface area contributed by atoms with Gasteiger partial charge in [0.25, 0.3) is 0 Å². The number of aryl methyl sites for hydroxylation is 1. The molecule has 2 aromatic carbocycles. The molecule has 0 aliphatic carbocycles. The number of phenols is 1. The molecule has 0 unspecified atom stereocenters. The van der Waals surface area contributed by atoms with Crippen molar-refractivity contribution >= 4 is 32.8 Å². The molecule has 2 N–H and O–H groups in total. The minimum atomic E-state index is -0.447. The molecule has 5 rings (SSSR count). The summed E-state index contributed by atoms with van der Waals surface area (Å²) in [6.45, 7) is 1.88. The minimum absolute atomic E-state index is 0.147. The van der Waals surface area contributed by atoms with Crippen molar-refractivity contribution < 1.29 is 9.52 Å². The lowest BCUT2D eigenvalue weighted by molar-refractivity contribution is 0.475. The van der Waals surface area contributed by atoms with Crippen LogP contribution in [0.25, 0.3) is 44.0 Å². The second-order valence-electron chi connectivity index (χ2n) is 6.18. The predicted octanol–water partition coefficient (Wildman–Crippen LogP) is 3.90. The van der Waals surface area contributed by atoms with Gasteiger partial charge in [0.1, 0.15) is 11.3 Å². The highest BCUT2D eigenvalue weighted by molar-refractivity contribution is 6.20. The van der Waals surface area contributed by atoms with Gasteiger partial charge in [-0.2, -0.15) is 5.10 Å². The molecule has 3 aromatic heterocycles. The number of aromatic hydroxyl groups is 1. The summed E-state index contributed by atoms with van der Waals surface area (Å²) < 4.78 is 5.55. The van der Waals surface area contributed by atoms with Crippen LogP contribution in [-0.4, -0.2) is 20.3 Å². The maximum atomic E-state index is 12.8. The molecule has 6 nitrogen and oxygen atoms in total. The van der Waals surface area contributed by atoms with Crippen LogP contribution in [0.1, 0.15) is 5.69 Å². The Morgan fingerprint density at radius 3 is 2.58 bits per heavy atom. The summed E-state index contributed by atoms with van der Waals surface area (Å²) in [7, 11) is 0. The summed E-state index contributed by atoms with van der Waals surface area (Å²) >= 11 is 0. The first-order chi connectivity index (χ1) is 12.6. The van der Waals surface area contributed by atoms with E-state index in [0.717, 1.165) is 21.9 Å². The zero-order valence-electron chi connectivity index (χ0n) is 13.8. The molecular formula is C20H13N3O3. The SMILES string of the molecule is Cc1n[nH]c2nc(-c3ccc(O)cc3)c3c(=O)oc4ccccc4c3c12. The van der Waals surface area contributed by atoms with Crippen LogP contribution in [0.3, 0.4) is 0 Å². The number of nitrogens with zero attached hydrogens (tertiary/aromatic N) is 2. The molecule has 3 heterocycles. The van der Waals surface area contributed by atoms with E-state index in [1.54, 1.807) is 30.3 Å². The maximum absolute atomic E-state index is 12.8. The Balaban J connectivity index is 2.08. The van der Waals surface area contributed by atoms with E-state index in [1.165, 1.54) is 0 Å². The van der Waals surface area contributed by atoms with E-state index in [0.29, 0.717) is 27.9 Å². The third-order valence-electron chi connectivity index (χ3n) is 4.59. The molecule has 0 atom stereocenters. The fourth-order valence-electron chi connectivity index (χ4n) is 3.42. The van der Waals surface area contributed by atoms with Gasteiger partial charge in [0, 0.05) is 16.3 Å². The van der Waals surface area contributed by atoms with Crippen molar-refractivity contribution in [3.63, 3.8) is 0 Å². The Hall–Kier alpha value is -3.67. The van der Waals surface area contributed by atoms with Crippen LogP contribution in [0.2, 0.25) is 0 Å². The highest BCUT2D eigenvalue weighted by atomic mass is 16.4. The number of fused-ring (bicyclic) bond motifs is 5. The first-order valence-electron chi connectivity index (χ1n) is 8.13. The van der Waals surface area contributed by atoms with Gasteiger partial charge in [-0.3, -0.25) is 5.10 Å². The van der Waals surface area contributed by atoms with Gasteiger partial charge < -0.3 is 9.52 Å². The van der Waals surface area contributed by atoms with Crippen LogP contribution in [0.15, 0.2) is 57.7 Å². The lowest BCUT2D eigenvalue weighted by atomic mass is 9.99. The predicted molar refractivity (Wildman–Crippen MR) is 99.3 cm³/mol. The van der Waals surface area contributed by atoms with Crippen molar-refractivity contribution in [2.45, 2.75) is 6.92 Å². The first-order valence-corrected chi connectivity index (χ1v) is 8.13. The van der Waals surface area contributed by atoms with Crippen LogP contribution in [0, 0.1) is 6.92 Å². The Kier molecular flexibility index (Phi) is 2.91. The number of pyridine rings is 1. The zero-order chi connectivity index (χ0) is 17.8. The third-order valence-corrected chi connectivity index (χ3v) is 4.59. The number of rotatable bonds is 1. The van der Waals surface area contributed by atoms with Crippen molar-refractivity contribution in [1.29, 1.82) is 0 Å². The summed E-state index contributed by atoms with van der Waals surface area (Å²) in [5.41, 5.74) is 2.66. The Labute approximate surface area is 146 Å². The number of aromatic amines is 1. The second kappa shape index (κ2) is 5.16. The van der Waals surface area contributed by atoms with Gasteiger partial charge in [0.2, 0.25) is 0 Å². The fourth-order valence-corrected chi connectivity index (χ4v) is 3.42. The highest BCUT2D eigenvalue weighted by Gasteiger charge is 2.20. The van der Waals surface area contributed by atoms with Gasteiger partial charge in [-0.15, -0.1) is 0 Å². The minimum Gasteiger partial charge on any atom is -0.508 e. The second-order valence-corrected chi connectivity index (χ2v) is 6.18. The van der Waals surface area contributed by atoms with Crippen molar-refractivity contribution in [2.75, 3.05) is 0 Å². The number of para-hydroxylation sites is 1. The molecule has 0 aliphatic heterocycles. The van der Waals surface area contributed by atoms with Crippen LogP contribution >= 0.6 is 0 Å². The molecule has 5 aromatic rings. The zero-order valence-corrected chi connectivity index (χ0v) is 13.8.